The lowest BCUT2D eigenvalue weighted by Crippen LogP contribution is -2.20. The second kappa shape index (κ2) is 3.15. The molecule has 1 aromatic heterocycles. The van der Waals surface area contributed by atoms with Crippen molar-refractivity contribution in [3.05, 3.63) is 11.8 Å². The molecule has 1 rings (SSSR count). The number of amides is 1. The highest BCUT2D eigenvalue weighted by molar-refractivity contribution is 6.36. The summed E-state index contributed by atoms with van der Waals surface area (Å²) in [6.07, 6.45) is 1.66. The number of rotatable bonds is 1. The van der Waals surface area contributed by atoms with E-state index in [9.17, 15) is 4.79 Å². The first-order valence-electron chi connectivity index (χ1n) is 3.49. The molecule has 0 bridgehead atoms. The number of hydrogen-bond donors (Lipinski definition) is 0. The Kier molecular flexibility index (Phi) is 2.38. The number of nitrogens with zero attached hydrogens (tertiary/aromatic N) is 3. The van der Waals surface area contributed by atoms with Gasteiger partial charge in [-0.3, -0.25) is 9.48 Å². The van der Waals surface area contributed by atoms with Crippen molar-refractivity contribution in [3.8, 4) is 0 Å². The SMILES string of the molecule is CC(=O)N(Cl)c1c(C)cnn1C. The number of carbonyl (C=O) groups is 1. The quantitative estimate of drug-likeness (QED) is 0.621. The first-order valence-corrected chi connectivity index (χ1v) is 3.83. The van der Waals surface area contributed by atoms with Gasteiger partial charge in [0.1, 0.15) is 0 Å². The minimum Gasteiger partial charge on any atom is -0.273 e. The molecule has 0 unspecified atom stereocenters. The monoisotopic (exact) mass is 187 g/mol. The highest BCUT2D eigenvalue weighted by Crippen LogP contribution is 2.20. The molecule has 0 aromatic carbocycles. The number of carbonyl (C=O) groups excluding carboxylic acids is 1. The molecule has 0 radical (unpaired) electrons. The van der Waals surface area contributed by atoms with Gasteiger partial charge in [0.05, 0.1) is 6.20 Å². The van der Waals surface area contributed by atoms with Gasteiger partial charge in [0.15, 0.2) is 5.82 Å². The highest BCUT2D eigenvalue weighted by atomic mass is 35.5. The van der Waals surface area contributed by atoms with Crippen molar-refractivity contribution in [2.45, 2.75) is 13.8 Å². The Bertz CT molecular complexity index is 288. The molecule has 66 valence electrons. The third kappa shape index (κ3) is 1.43. The largest absolute Gasteiger partial charge is 0.273 e. The summed E-state index contributed by atoms with van der Waals surface area (Å²) in [5, 5.41) is 3.96. The Morgan fingerprint density at radius 2 is 2.33 bits per heavy atom. The van der Waals surface area contributed by atoms with Gasteiger partial charge in [0.2, 0.25) is 5.91 Å². The van der Waals surface area contributed by atoms with E-state index in [2.05, 4.69) is 5.10 Å². The fourth-order valence-corrected chi connectivity index (χ4v) is 1.21. The lowest BCUT2D eigenvalue weighted by Gasteiger charge is -2.11. The molecule has 0 aliphatic heterocycles. The zero-order valence-electron chi connectivity index (χ0n) is 7.21. The number of anilines is 1. The van der Waals surface area contributed by atoms with Crippen LogP contribution in [0.15, 0.2) is 6.20 Å². The molecule has 0 aliphatic rings. The maximum absolute atomic E-state index is 10.9. The number of hydrogen-bond acceptors (Lipinski definition) is 2. The standard InChI is InChI=1S/C7H10ClN3O/c1-5-4-9-10(3)7(5)11(8)6(2)12/h4H,1-3H3. The molecule has 12 heavy (non-hydrogen) atoms. The minimum absolute atomic E-state index is 0.219. The summed E-state index contributed by atoms with van der Waals surface area (Å²) in [4.78, 5) is 10.9. The highest BCUT2D eigenvalue weighted by Gasteiger charge is 2.14. The number of aromatic nitrogens is 2. The van der Waals surface area contributed by atoms with Crippen molar-refractivity contribution in [3.63, 3.8) is 0 Å². The predicted octanol–water partition coefficient (Wildman–Crippen LogP) is 1.24. The van der Waals surface area contributed by atoms with Gasteiger partial charge in [-0.2, -0.15) is 5.10 Å². The van der Waals surface area contributed by atoms with E-state index >= 15 is 0 Å². The van der Waals surface area contributed by atoms with Crippen LogP contribution < -0.4 is 4.42 Å². The molecule has 0 N–H and O–H groups in total. The molecule has 0 aliphatic carbocycles. The molecule has 0 saturated heterocycles. The van der Waals surface area contributed by atoms with Crippen LogP contribution in [0.2, 0.25) is 0 Å². The van der Waals surface area contributed by atoms with Crippen molar-refractivity contribution >= 4 is 23.5 Å². The Balaban J connectivity index is 3.08. The van der Waals surface area contributed by atoms with E-state index in [-0.39, 0.29) is 5.91 Å². The molecule has 5 heteroatoms. The summed E-state index contributed by atoms with van der Waals surface area (Å²) in [6.45, 7) is 3.25. The van der Waals surface area contributed by atoms with Crippen LogP contribution in [-0.4, -0.2) is 15.7 Å². The Labute approximate surface area is 75.8 Å². The third-order valence-corrected chi connectivity index (χ3v) is 1.94. The fourth-order valence-electron chi connectivity index (χ4n) is 0.972. The zero-order chi connectivity index (χ0) is 9.30. The summed E-state index contributed by atoms with van der Waals surface area (Å²) in [6, 6.07) is 0. The van der Waals surface area contributed by atoms with Gasteiger partial charge >= 0.3 is 0 Å². The van der Waals surface area contributed by atoms with E-state index in [1.807, 2.05) is 6.92 Å². The maximum atomic E-state index is 10.9. The van der Waals surface area contributed by atoms with E-state index in [0.29, 0.717) is 5.82 Å². The predicted molar refractivity (Wildman–Crippen MR) is 47.0 cm³/mol. The van der Waals surface area contributed by atoms with E-state index < -0.39 is 0 Å². The van der Waals surface area contributed by atoms with Gasteiger partial charge in [-0.05, 0) is 6.92 Å². The normalized spacial score (nSPS) is 10.0. The van der Waals surface area contributed by atoms with E-state index in [4.69, 9.17) is 11.8 Å². The lowest BCUT2D eigenvalue weighted by atomic mass is 10.4. The summed E-state index contributed by atoms with van der Waals surface area (Å²) in [7, 11) is 1.74. The second-order valence-electron chi connectivity index (χ2n) is 2.57. The summed E-state index contributed by atoms with van der Waals surface area (Å²) in [5.41, 5.74) is 0.878. The average Bonchev–Trinajstić information content (AvgIpc) is 2.30. The summed E-state index contributed by atoms with van der Waals surface area (Å²) < 4.78 is 2.62. The van der Waals surface area contributed by atoms with Gasteiger partial charge in [0.25, 0.3) is 0 Å². The topological polar surface area (TPSA) is 38.1 Å². The van der Waals surface area contributed by atoms with Crippen molar-refractivity contribution in [1.29, 1.82) is 0 Å². The van der Waals surface area contributed by atoms with Crippen LogP contribution in [0.1, 0.15) is 12.5 Å². The van der Waals surface area contributed by atoms with E-state index in [1.54, 1.807) is 17.9 Å². The molecule has 1 heterocycles. The fraction of sp³-hybridized carbons (Fsp3) is 0.429. The molecular formula is C7H10ClN3O. The number of halogens is 1. The van der Waals surface area contributed by atoms with Crippen LogP contribution in [0, 0.1) is 6.92 Å². The summed E-state index contributed by atoms with van der Waals surface area (Å²) in [5.74, 6) is 0.396. The molecule has 4 nitrogen and oxygen atoms in total. The minimum atomic E-state index is -0.219. The van der Waals surface area contributed by atoms with Crippen molar-refractivity contribution in [1.82, 2.24) is 9.78 Å². The molecule has 0 fully saturated rings. The van der Waals surface area contributed by atoms with Gasteiger partial charge in [-0.15, -0.1) is 0 Å². The van der Waals surface area contributed by atoms with E-state index in [1.165, 1.54) is 6.92 Å². The van der Waals surface area contributed by atoms with Crippen LogP contribution in [0.4, 0.5) is 5.82 Å². The molecule has 0 saturated carbocycles. The van der Waals surface area contributed by atoms with Crippen molar-refractivity contribution in [2.75, 3.05) is 4.42 Å². The lowest BCUT2D eigenvalue weighted by molar-refractivity contribution is -0.115. The van der Waals surface area contributed by atoms with Crippen molar-refractivity contribution < 1.29 is 4.79 Å². The van der Waals surface area contributed by atoms with Gasteiger partial charge < -0.3 is 0 Å². The van der Waals surface area contributed by atoms with Crippen LogP contribution >= 0.6 is 11.8 Å². The Hall–Kier alpha value is -1.03. The molecular weight excluding hydrogens is 178 g/mol. The van der Waals surface area contributed by atoms with Crippen LogP contribution in [-0.2, 0) is 11.8 Å². The Morgan fingerprint density at radius 3 is 2.67 bits per heavy atom. The first-order chi connectivity index (χ1) is 5.54. The van der Waals surface area contributed by atoms with Crippen molar-refractivity contribution in [2.24, 2.45) is 7.05 Å². The smallest absolute Gasteiger partial charge is 0.239 e. The third-order valence-electron chi connectivity index (χ3n) is 1.55. The number of aryl methyl sites for hydroxylation is 2. The van der Waals surface area contributed by atoms with Crippen LogP contribution in [0.3, 0.4) is 0 Å². The van der Waals surface area contributed by atoms with E-state index in [0.717, 1.165) is 9.98 Å². The molecule has 1 amide bonds. The Morgan fingerprint density at radius 1 is 1.75 bits per heavy atom. The molecule has 0 atom stereocenters. The van der Waals surface area contributed by atoms with Gasteiger partial charge in [0, 0.05) is 31.3 Å². The summed E-state index contributed by atoms with van der Waals surface area (Å²) >= 11 is 5.72. The average molecular weight is 188 g/mol. The van der Waals surface area contributed by atoms with Gasteiger partial charge in [-0.1, -0.05) is 0 Å². The van der Waals surface area contributed by atoms with Crippen LogP contribution in [0.25, 0.3) is 0 Å². The molecule has 1 aromatic rings. The van der Waals surface area contributed by atoms with Gasteiger partial charge in [-0.25, -0.2) is 4.42 Å². The van der Waals surface area contributed by atoms with Crippen LogP contribution in [0.5, 0.6) is 0 Å². The second-order valence-corrected chi connectivity index (χ2v) is 2.91. The maximum Gasteiger partial charge on any atom is 0.239 e. The first kappa shape index (κ1) is 9.06. The zero-order valence-corrected chi connectivity index (χ0v) is 7.96. The molecule has 0 spiro atoms.